The van der Waals surface area contributed by atoms with E-state index in [1.54, 1.807) is 11.0 Å². The number of likely N-dealkylation sites (tertiary alicyclic amines) is 1. The molecule has 5 rings (SSSR count). The molecule has 2 unspecified atom stereocenters. The molecule has 13 heteroatoms. The highest BCUT2D eigenvalue weighted by atomic mass is 32.2. The zero-order valence-electron chi connectivity index (χ0n) is 19.3. The smallest absolute Gasteiger partial charge is 0.406 e. The molecule has 2 aromatic rings. The first-order valence-corrected chi connectivity index (χ1v) is 12.4. The molecular formula is C24H22F3N5O4S. The summed E-state index contributed by atoms with van der Waals surface area (Å²) < 4.78 is 42.2. The van der Waals surface area contributed by atoms with Crippen LogP contribution in [0.5, 0.6) is 5.75 Å². The summed E-state index contributed by atoms with van der Waals surface area (Å²) in [6, 6.07) is 5.16. The number of thioether (sulfide) groups is 1. The minimum Gasteiger partial charge on any atom is -0.406 e. The second-order valence-corrected chi connectivity index (χ2v) is 9.86. The van der Waals surface area contributed by atoms with Gasteiger partial charge in [-0.1, -0.05) is 24.4 Å². The molecule has 0 radical (unpaired) electrons. The number of alkyl halides is 3. The second-order valence-electron chi connectivity index (χ2n) is 8.73. The molecule has 1 fully saturated rings. The molecule has 37 heavy (non-hydrogen) atoms. The van der Waals surface area contributed by atoms with E-state index in [0.29, 0.717) is 35.8 Å². The number of ether oxygens (including phenoxy) is 1. The molecule has 4 amide bonds. The second kappa shape index (κ2) is 9.61. The molecular weight excluding hydrogens is 511 g/mol. The van der Waals surface area contributed by atoms with E-state index < -0.39 is 29.4 Å². The molecule has 3 aliphatic heterocycles. The predicted octanol–water partition coefficient (Wildman–Crippen LogP) is 3.65. The maximum absolute atomic E-state index is 13.3. The highest BCUT2D eigenvalue weighted by Gasteiger charge is 2.47. The highest BCUT2D eigenvalue weighted by molar-refractivity contribution is 8.01. The van der Waals surface area contributed by atoms with E-state index in [1.807, 2.05) is 0 Å². The van der Waals surface area contributed by atoms with Crippen LogP contribution < -0.4 is 20.3 Å². The first kappa shape index (κ1) is 24.9. The Labute approximate surface area is 214 Å². The van der Waals surface area contributed by atoms with Crippen LogP contribution in [0.2, 0.25) is 0 Å². The van der Waals surface area contributed by atoms with Crippen molar-refractivity contribution in [3.63, 3.8) is 0 Å². The van der Waals surface area contributed by atoms with E-state index in [0.717, 1.165) is 18.6 Å². The van der Waals surface area contributed by atoms with Crippen LogP contribution in [0.1, 0.15) is 24.4 Å². The average Bonchev–Trinajstić information content (AvgIpc) is 3.22. The first-order chi connectivity index (χ1) is 17.6. The zero-order valence-corrected chi connectivity index (χ0v) is 20.1. The Morgan fingerprint density at radius 2 is 2.11 bits per heavy atom. The Bertz CT molecular complexity index is 1270. The van der Waals surface area contributed by atoms with Crippen molar-refractivity contribution in [1.29, 1.82) is 0 Å². The van der Waals surface area contributed by atoms with Crippen molar-refractivity contribution in [2.24, 2.45) is 0 Å². The summed E-state index contributed by atoms with van der Waals surface area (Å²) >= 11 is 1.21. The van der Waals surface area contributed by atoms with Crippen molar-refractivity contribution in [2.45, 2.75) is 41.6 Å². The minimum absolute atomic E-state index is 0.165. The lowest BCUT2D eigenvalue weighted by Crippen LogP contribution is -2.53. The topological polar surface area (TPSA) is 104 Å². The molecule has 0 saturated carbocycles. The van der Waals surface area contributed by atoms with E-state index in [2.05, 4.69) is 26.9 Å². The maximum Gasteiger partial charge on any atom is 0.573 e. The fraction of sp³-hybridized carbons (Fsp3) is 0.333. The van der Waals surface area contributed by atoms with Gasteiger partial charge in [0.25, 0.3) is 0 Å². The summed E-state index contributed by atoms with van der Waals surface area (Å²) in [7, 11) is 0. The Hall–Kier alpha value is -3.74. The van der Waals surface area contributed by atoms with Gasteiger partial charge in [-0.3, -0.25) is 14.5 Å². The van der Waals surface area contributed by atoms with Crippen LogP contribution in [0.3, 0.4) is 0 Å². The fourth-order valence-electron chi connectivity index (χ4n) is 4.81. The maximum atomic E-state index is 13.3. The van der Waals surface area contributed by atoms with Gasteiger partial charge in [0, 0.05) is 37.0 Å². The highest BCUT2D eigenvalue weighted by Crippen LogP contribution is 2.50. The number of anilines is 2. The molecule has 3 aliphatic rings. The van der Waals surface area contributed by atoms with Crippen molar-refractivity contribution < 1.29 is 32.3 Å². The van der Waals surface area contributed by atoms with Gasteiger partial charge >= 0.3 is 12.4 Å². The number of nitrogens with one attached hydrogen (secondary N) is 2. The Morgan fingerprint density at radius 1 is 1.30 bits per heavy atom. The molecule has 0 aliphatic carbocycles. The number of hydrogen-bond donors (Lipinski definition) is 2. The molecule has 0 bridgehead atoms. The van der Waals surface area contributed by atoms with E-state index >= 15 is 0 Å². The molecule has 1 aromatic carbocycles. The largest absolute Gasteiger partial charge is 0.573 e. The third kappa shape index (κ3) is 4.95. The molecule has 0 spiro atoms. The fourth-order valence-corrected chi connectivity index (χ4v) is 6.04. The number of amides is 4. The van der Waals surface area contributed by atoms with Crippen molar-refractivity contribution in [2.75, 3.05) is 18.0 Å². The number of carbonyl (C=O) groups is 3. The van der Waals surface area contributed by atoms with Crippen LogP contribution >= 0.6 is 11.8 Å². The van der Waals surface area contributed by atoms with Crippen LogP contribution in [0.25, 0.3) is 0 Å². The van der Waals surface area contributed by atoms with Gasteiger partial charge in [-0.05, 0) is 37.1 Å². The molecule has 4 heterocycles. The summed E-state index contributed by atoms with van der Waals surface area (Å²) in [5.41, 5.74) is 1.20. The lowest BCUT2D eigenvalue weighted by atomic mass is 9.99. The third-order valence-corrected chi connectivity index (χ3v) is 7.62. The van der Waals surface area contributed by atoms with E-state index in [4.69, 9.17) is 0 Å². The average molecular weight is 534 g/mol. The number of rotatable bonds is 5. The number of carbonyl (C=O) groups excluding carboxylic acids is 3. The Kier molecular flexibility index (Phi) is 6.48. The Balaban J connectivity index is 1.38. The van der Waals surface area contributed by atoms with Crippen molar-refractivity contribution in [1.82, 2.24) is 20.5 Å². The summed E-state index contributed by atoms with van der Waals surface area (Å²) in [5.74, 6) is -0.959. The van der Waals surface area contributed by atoms with Crippen molar-refractivity contribution in [3.8, 4) is 5.75 Å². The van der Waals surface area contributed by atoms with Crippen LogP contribution in [-0.2, 0) is 9.59 Å². The van der Waals surface area contributed by atoms with Gasteiger partial charge in [0.1, 0.15) is 16.0 Å². The number of halogens is 3. The molecule has 1 aromatic heterocycles. The van der Waals surface area contributed by atoms with Crippen LogP contribution in [0.4, 0.5) is 29.3 Å². The molecule has 1 saturated heterocycles. The number of urea groups is 1. The van der Waals surface area contributed by atoms with Gasteiger partial charge in [0.15, 0.2) is 0 Å². The normalized spacial score (nSPS) is 22.7. The number of nitrogens with zero attached hydrogens (tertiary/aromatic N) is 3. The zero-order chi connectivity index (χ0) is 26.3. The molecule has 2 N–H and O–H groups in total. The Morgan fingerprint density at radius 3 is 2.86 bits per heavy atom. The summed E-state index contributed by atoms with van der Waals surface area (Å²) in [4.78, 5) is 45.7. The monoisotopic (exact) mass is 533 g/mol. The molecule has 3 atom stereocenters. The predicted molar refractivity (Wildman–Crippen MR) is 128 cm³/mol. The SMILES string of the molecule is C=CC(=O)N1CCCC(NC(=O)[C@@H]2Sc3nccc4c3C2NC(=O)N4c2cccc(OC(F)(F)F)c2)C1. The number of pyridine rings is 1. The molecule has 194 valence electrons. The van der Waals surface area contributed by atoms with Gasteiger partial charge in [-0.25, -0.2) is 9.78 Å². The first-order valence-electron chi connectivity index (χ1n) is 11.5. The summed E-state index contributed by atoms with van der Waals surface area (Å²) in [5, 5.41) is 5.65. The van der Waals surface area contributed by atoms with Gasteiger partial charge in [0.2, 0.25) is 11.8 Å². The lowest BCUT2D eigenvalue weighted by Gasteiger charge is -2.35. The number of piperidine rings is 1. The number of aromatic nitrogens is 1. The van der Waals surface area contributed by atoms with Crippen LogP contribution in [-0.4, -0.2) is 58.5 Å². The lowest BCUT2D eigenvalue weighted by molar-refractivity contribution is -0.274. The summed E-state index contributed by atoms with van der Waals surface area (Å²) in [6.07, 6.45) is -0.700. The number of hydrogen-bond acceptors (Lipinski definition) is 6. The van der Waals surface area contributed by atoms with Gasteiger partial charge in [-0.15, -0.1) is 13.2 Å². The van der Waals surface area contributed by atoms with Crippen LogP contribution in [0, 0.1) is 0 Å². The quantitative estimate of drug-likeness (QED) is 0.569. The molecule has 9 nitrogen and oxygen atoms in total. The summed E-state index contributed by atoms with van der Waals surface area (Å²) in [6.45, 7) is 4.47. The van der Waals surface area contributed by atoms with E-state index in [9.17, 15) is 27.6 Å². The standard InChI is InChI=1S/C24H22F3N5O4S/c1-2-17(33)31-10-4-5-13(12-31)29-21(34)20-19-18-16(8-9-28-22(18)37-20)32(23(35)30-19)14-6-3-7-15(11-14)36-24(25,26)27/h2-3,6-9,11,13,19-20H,1,4-5,10,12H2,(H,29,34)(H,30,35)/t13?,19?,20-/m1/s1. The van der Waals surface area contributed by atoms with E-state index in [-0.39, 0.29) is 23.5 Å². The van der Waals surface area contributed by atoms with Gasteiger partial charge < -0.3 is 20.3 Å². The van der Waals surface area contributed by atoms with Crippen molar-refractivity contribution in [3.05, 3.63) is 54.7 Å². The van der Waals surface area contributed by atoms with Gasteiger partial charge in [0.05, 0.1) is 17.4 Å². The van der Waals surface area contributed by atoms with Gasteiger partial charge in [-0.2, -0.15) is 0 Å². The van der Waals surface area contributed by atoms with Crippen LogP contribution in [0.15, 0.2) is 54.2 Å². The van der Waals surface area contributed by atoms with E-state index in [1.165, 1.54) is 41.1 Å². The number of benzene rings is 1. The minimum atomic E-state index is -4.88. The van der Waals surface area contributed by atoms with Crippen molar-refractivity contribution >= 4 is 41.0 Å². The third-order valence-electron chi connectivity index (χ3n) is 6.33.